The smallest absolute Gasteiger partial charge is 0.234 e. The van der Waals surface area contributed by atoms with Crippen LogP contribution >= 0.6 is 11.8 Å². The summed E-state index contributed by atoms with van der Waals surface area (Å²) in [5.41, 5.74) is 1.39. The first kappa shape index (κ1) is 19.2. The summed E-state index contributed by atoms with van der Waals surface area (Å²) in [5.74, 6) is -11.2. The minimum atomic E-state index is -2.23. The first-order valence-corrected chi connectivity index (χ1v) is 8.25. The van der Waals surface area contributed by atoms with E-state index in [-0.39, 0.29) is 17.7 Å². The predicted octanol–water partition coefficient (Wildman–Crippen LogP) is 5.24. The van der Waals surface area contributed by atoms with Gasteiger partial charge in [0.25, 0.3) is 0 Å². The largest absolute Gasteiger partial charge is 0.325 e. The SMILES string of the molecule is CC(C)c1ccccc1NC(=O)CSc1c(F)c(F)c(F)c(F)c1F. The van der Waals surface area contributed by atoms with Crippen LogP contribution in [-0.4, -0.2) is 11.7 Å². The van der Waals surface area contributed by atoms with Gasteiger partial charge >= 0.3 is 0 Å². The zero-order chi connectivity index (χ0) is 18.7. The number of hydrogen-bond donors (Lipinski definition) is 1. The van der Waals surface area contributed by atoms with Gasteiger partial charge in [0.15, 0.2) is 23.3 Å². The highest BCUT2D eigenvalue weighted by atomic mass is 32.2. The number of amides is 1. The molecule has 1 amide bonds. The maximum atomic E-state index is 13.6. The van der Waals surface area contributed by atoms with Crippen molar-refractivity contribution in [1.29, 1.82) is 0 Å². The highest BCUT2D eigenvalue weighted by Gasteiger charge is 2.26. The molecule has 134 valence electrons. The number of carbonyl (C=O) groups is 1. The van der Waals surface area contributed by atoms with E-state index in [9.17, 15) is 26.7 Å². The van der Waals surface area contributed by atoms with Crippen LogP contribution in [0.2, 0.25) is 0 Å². The number of carbonyl (C=O) groups excluding carboxylic acids is 1. The summed E-state index contributed by atoms with van der Waals surface area (Å²) in [6.45, 7) is 3.85. The van der Waals surface area contributed by atoms with Crippen LogP contribution in [0.4, 0.5) is 27.6 Å². The number of benzene rings is 2. The summed E-state index contributed by atoms with van der Waals surface area (Å²) in [5, 5.41) is 2.58. The lowest BCUT2D eigenvalue weighted by Crippen LogP contribution is -2.16. The third-order valence-electron chi connectivity index (χ3n) is 3.37. The highest BCUT2D eigenvalue weighted by Crippen LogP contribution is 2.31. The molecule has 1 N–H and O–H groups in total. The standard InChI is InChI=1S/C17H14F5NOS/c1-8(2)9-5-3-4-6-10(9)23-11(24)7-25-17-15(21)13(19)12(18)14(20)16(17)22/h3-6,8H,7H2,1-2H3,(H,23,24). The molecular weight excluding hydrogens is 361 g/mol. The van der Waals surface area contributed by atoms with Gasteiger partial charge in [0, 0.05) is 5.69 Å². The van der Waals surface area contributed by atoms with Crippen LogP contribution in [0.5, 0.6) is 0 Å². The first-order chi connectivity index (χ1) is 11.7. The Morgan fingerprint density at radius 3 is 2.04 bits per heavy atom. The van der Waals surface area contributed by atoms with Crippen LogP contribution in [0.15, 0.2) is 29.2 Å². The normalized spacial score (nSPS) is 11.0. The number of rotatable bonds is 5. The van der Waals surface area contributed by atoms with Crippen molar-refractivity contribution in [2.24, 2.45) is 0 Å². The van der Waals surface area contributed by atoms with Gasteiger partial charge in [-0.25, -0.2) is 22.0 Å². The first-order valence-electron chi connectivity index (χ1n) is 7.27. The Labute approximate surface area is 145 Å². The third kappa shape index (κ3) is 4.12. The molecule has 2 aromatic carbocycles. The second-order valence-corrected chi connectivity index (χ2v) is 6.46. The van der Waals surface area contributed by atoms with Crippen molar-refractivity contribution < 1.29 is 26.7 Å². The van der Waals surface area contributed by atoms with Crippen LogP contribution < -0.4 is 5.32 Å². The fourth-order valence-electron chi connectivity index (χ4n) is 2.15. The third-order valence-corrected chi connectivity index (χ3v) is 4.43. The van der Waals surface area contributed by atoms with Gasteiger partial charge in [-0.2, -0.15) is 0 Å². The van der Waals surface area contributed by atoms with Crippen molar-refractivity contribution in [1.82, 2.24) is 0 Å². The Morgan fingerprint density at radius 1 is 0.960 bits per heavy atom. The average Bonchev–Trinajstić information content (AvgIpc) is 2.58. The topological polar surface area (TPSA) is 29.1 Å². The van der Waals surface area contributed by atoms with Crippen molar-refractivity contribution in [3.8, 4) is 0 Å². The Morgan fingerprint density at radius 2 is 1.48 bits per heavy atom. The molecule has 0 unspecified atom stereocenters. The zero-order valence-electron chi connectivity index (χ0n) is 13.3. The summed E-state index contributed by atoms with van der Waals surface area (Å²) in [6.07, 6.45) is 0. The number of nitrogens with one attached hydrogen (secondary N) is 1. The van der Waals surface area contributed by atoms with E-state index in [4.69, 9.17) is 0 Å². The summed E-state index contributed by atoms with van der Waals surface area (Å²) < 4.78 is 66.4. The summed E-state index contributed by atoms with van der Waals surface area (Å²) in [4.78, 5) is 10.9. The van der Waals surface area contributed by atoms with Crippen LogP contribution in [0.1, 0.15) is 25.3 Å². The molecule has 0 saturated heterocycles. The van der Waals surface area contributed by atoms with E-state index in [0.29, 0.717) is 5.69 Å². The second-order valence-electron chi connectivity index (χ2n) is 5.48. The molecule has 2 rings (SSSR count). The average molecular weight is 375 g/mol. The molecule has 0 aliphatic rings. The molecule has 0 atom stereocenters. The molecule has 0 spiro atoms. The zero-order valence-corrected chi connectivity index (χ0v) is 14.1. The maximum absolute atomic E-state index is 13.6. The number of para-hydroxylation sites is 1. The van der Waals surface area contributed by atoms with E-state index in [1.165, 1.54) is 0 Å². The Balaban J connectivity index is 2.14. The highest BCUT2D eigenvalue weighted by molar-refractivity contribution is 8.00. The van der Waals surface area contributed by atoms with Gasteiger partial charge in [-0.05, 0) is 17.5 Å². The molecule has 0 bridgehead atoms. The van der Waals surface area contributed by atoms with E-state index in [1.807, 2.05) is 19.9 Å². The molecule has 0 radical (unpaired) electrons. The lowest BCUT2D eigenvalue weighted by molar-refractivity contribution is -0.113. The van der Waals surface area contributed by atoms with Gasteiger partial charge in [-0.1, -0.05) is 32.0 Å². The molecular formula is C17H14F5NOS. The fraction of sp³-hybridized carbons (Fsp3) is 0.235. The van der Waals surface area contributed by atoms with Gasteiger partial charge in [-0.3, -0.25) is 4.79 Å². The van der Waals surface area contributed by atoms with Crippen LogP contribution in [-0.2, 0) is 4.79 Å². The monoisotopic (exact) mass is 375 g/mol. The lowest BCUT2D eigenvalue weighted by atomic mass is 10.0. The molecule has 25 heavy (non-hydrogen) atoms. The van der Waals surface area contributed by atoms with Crippen molar-refractivity contribution in [2.75, 3.05) is 11.1 Å². The fourth-order valence-corrected chi connectivity index (χ4v) is 2.93. The van der Waals surface area contributed by atoms with Gasteiger partial charge in [0.05, 0.1) is 10.6 Å². The van der Waals surface area contributed by atoms with Crippen LogP contribution in [0.3, 0.4) is 0 Å². The number of hydrogen-bond acceptors (Lipinski definition) is 2. The van der Waals surface area contributed by atoms with Crippen molar-refractivity contribution in [2.45, 2.75) is 24.7 Å². The van der Waals surface area contributed by atoms with E-state index in [0.717, 1.165) is 5.56 Å². The second kappa shape index (κ2) is 7.86. The van der Waals surface area contributed by atoms with Crippen molar-refractivity contribution in [3.63, 3.8) is 0 Å². The maximum Gasteiger partial charge on any atom is 0.234 e. The molecule has 2 aromatic rings. The molecule has 2 nitrogen and oxygen atoms in total. The van der Waals surface area contributed by atoms with Gasteiger partial charge in [-0.15, -0.1) is 11.8 Å². The molecule has 0 aromatic heterocycles. The molecule has 0 aliphatic carbocycles. The quantitative estimate of drug-likeness (QED) is 0.335. The van der Waals surface area contributed by atoms with Crippen LogP contribution in [0.25, 0.3) is 0 Å². The summed E-state index contributed by atoms with van der Waals surface area (Å²) in [6, 6.07) is 6.99. The Bertz CT molecular complexity index is 781. The van der Waals surface area contributed by atoms with E-state index in [2.05, 4.69) is 5.32 Å². The Hall–Kier alpha value is -2.09. The lowest BCUT2D eigenvalue weighted by Gasteiger charge is -2.13. The number of halogens is 5. The number of anilines is 1. The molecule has 0 fully saturated rings. The predicted molar refractivity (Wildman–Crippen MR) is 86.1 cm³/mol. The summed E-state index contributed by atoms with van der Waals surface area (Å²) in [7, 11) is 0. The van der Waals surface area contributed by atoms with Crippen molar-refractivity contribution in [3.05, 3.63) is 58.9 Å². The van der Waals surface area contributed by atoms with Gasteiger partial charge < -0.3 is 5.32 Å². The van der Waals surface area contributed by atoms with Crippen molar-refractivity contribution >= 4 is 23.4 Å². The molecule has 0 aliphatic heterocycles. The number of thioether (sulfide) groups is 1. The van der Waals surface area contributed by atoms with E-state index >= 15 is 0 Å². The van der Waals surface area contributed by atoms with Gasteiger partial charge in [0.2, 0.25) is 11.7 Å². The minimum Gasteiger partial charge on any atom is -0.325 e. The Kier molecular flexibility index (Phi) is 6.05. The van der Waals surface area contributed by atoms with E-state index < -0.39 is 45.6 Å². The molecule has 0 saturated carbocycles. The minimum absolute atomic E-state index is 0.124. The van der Waals surface area contributed by atoms with Gasteiger partial charge in [0.1, 0.15) is 0 Å². The summed E-state index contributed by atoms with van der Waals surface area (Å²) >= 11 is 0.244. The van der Waals surface area contributed by atoms with E-state index in [1.54, 1.807) is 18.2 Å². The van der Waals surface area contributed by atoms with Crippen LogP contribution in [0, 0.1) is 29.1 Å². The molecule has 8 heteroatoms. The molecule has 0 heterocycles.